The molecule has 1 aliphatic rings. The van der Waals surface area contributed by atoms with Gasteiger partial charge in [-0.25, -0.2) is 9.36 Å². The minimum absolute atomic E-state index is 0.488. The summed E-state index contributed by atoms with van der Waals surface area (Å²) >= 11 is 1.44. The van der Waals surface area contributed by atoms with Crippen LogP contribution < -0.4 is 11.2 Å². The minimum Gasteiger partial charge on any atom is -0.480 e. The number of fused-ring (bicyclic) bond motifs is 3. The standard InChI is InChI=1S/C13H14N2O4S/c1-6-2-3-7-8(4-6)20-11-10(7)12(18)15(5-9(16)17)13(19)14-11/h6H,2-5H2,1H3,(H,14,19)(H,16,17)/t6-/m1/s1. The van der Waals surface area contributed by atoms with E-state index in [-0.39, 0.29) is 0 Å². The molecule has 6 nitrogen and oxygen atoms in total. The number of aromatic amines is 1. The van der Waals surface area contributed by atoms with Crippen molar-refractivity contribution >= 4 is 27.5 Å². The molecule has 3 rings (SSSR count). The quantitative estimate of drug-likeness (QED) is 0.863. The highest BCUT2D eigenvalue weighted by Gasteiger charge is 2.23. The fourth-order valence-electron chi connectivity index (χ4n) is 2.74. The maximum absolute atomic E-state index is 12.4. The number of carbonyl (C=O) groups is 1. The molecule has 0 saturated carbocycles. The minimum atomic E-state index is -1.20. The molecule has 1 aliphatic carbocycles. The molecular formula is C13H14N2O4S. The van der Waals surface area contributed by atoms with Crippen LogP contribution in [0.4, 0.5) is 0 Å². The number of hydrogen-bond donors (Lipinski definition) is 2. The highest BCUT2D eigenvalue weighted by Crippen LogP contribution is 2.35. The Kier molecular flexibility index (Phi) is 3.01. The van der Waals surface area contributed by atoms with Gasteiger partial charge in [-0.1, -0.05) is 6.92 Å². The predicted octanol–water partition coefficient (Wildman–Crippen LogP) is 0.961. The average Bonchev–Trinajstić information content (AvgIpc) is 2.71. The Morgan fingerprint density at radius 1 is 1.50 bits per heavy atom. The van der Waals surface area contributed by atoms with E-state index in [1.165, 1.54) is 11.3 Å². The summed E-state index contributed by atoms with van der Waals surface area (Å²) in [5, 5.41) is 9.30. The SMILES string of the molecule is C[C@@H]1CCc2c(sc3[nH]c(=O)n(CC(=O)O)c(=O)c23)C1. The summed E-state index contributed by atoms with van der Waals surface area (Å²) in [6.45, 7) is 1.56. The summed E-state index contributed by atoms with van der Waals surface area (Å²) in [7, 11) is 0. The third-order valence-electron chi connectivity index (χ3n) is 3.73. The molecule has 7 heteroatoms. The van der Waals surface area contributed by atoms with Crippen molar-refractivity contribution in [2.24, 2.45) is 5.92 Å². The summed E-state index contributed by atoms with van der Waals surface area (Å²) in [5.74, 6) is -0.627. The molecule has 1 atom stereocenters. The Morgan fingerprint density at radius 3 is 2.95 bits per heavy atom. The van der Waals surface area contributed by atoms with Gasteiger partial charge in [-0.05, 0) is 30.7 Å². The number of thiophene rings is 1. The van der Waals surface area contributed by atoms with E-state index in [4.69, 9.17) is 5.11 Å². The summed E-state index contributed by atoms with van der Waals surface area (Å²) in [6, 6.07) is 0. The van der Waals surface area contributed by atoms with E-state index in [0.717, 1.165) is 34.3 Å². The zero-order valence-electron chi connectivity index (χ0n) is 10.9. The molecule has 0 radical (unpaired) electrons. The normalized spacial score (nSPS) is 18.1. The molecule has 0 unspecified atom stereocenters. The van der Waals surface area contributed by atoms with Crippen molar-refractivity contribution in [2.75, 3.05) is 0 Å². The molecule has 0 fully saturated rings. The smallest absolute Gasteiger partial charge is 0.329 e. The van der Waals surface area contributed by atoms with Crippen LogP contribution in [-0.2, 0) is 24.2 Å². The number of carboxylic acid groups (broad SMARTS) is 1. The molecule has 2 N–H and O–H groups in total. The molecule has 0 amide bonds. The van der Waals surface area contributed by atoms with Gasteiger partial charge < -0.3 is 5.11 Å². The van der Waals surface area contributed by atoms with Crippen LogP contribution in [0.25, 0.3) is 10.2 Å². The van der Waals surface area contributed by atoms with Crippen LogP contribution in [-0.4, -0.2) is 20.6 Å². The van der Waals surface area contributed by atoms with Gasteiger partial charge in [0.25, 0.3) is 5.56 Å². The van der Waals surface area contributed by atoms with E-state index in [2.05, 4.69) is 11.9 Å². The topological polar surface area (TPSA) is 92.2 Å². The first-order valence-corrected chi connectivity index (χ1v) is 7.28. The number of H-pyrrole nitrogens is 1. The second-order valence-corrected chi connectivity index (χ2v) is 6.38. The van der Waals surface area contributed by atoms with E-state index < -0.39 is 23.8 Å². The highest BCUT2D eigenvalue weighted by atomic mass is 32.1. The summed E-state index contributed by atoms with van der Waals surface area (Å²) in [5.41, 5.74) is -0.154. The number of aryl methyl sites for hydroxylation is 1. The monoisotopic (exact) mass is 294 g/mol. The van der Waals surface area contributed by atoms with E-state index in [1.807, 2.05) is 0 Å². The first-order chi connectivity index (χ1) is 9.47. The second kappa shape index (κ2) is 4.59. The van der Waals surface area contributed by atoms with E-state index in [1.54, 1.807) is 0 Å². The molecule has 0 saturated heterocycles. The summed E-state index contributed by atoms with van der Waals surface area (Å²) < 4.78 is 0.760. The lowest BCUT2D eigenvalue weighted by molar-refractivity contribution is -0.137. The summed E-state index contributed by atoms with van der Waals surface area (Å²) in [4.78, 5) is 39.3. The fraction of sp³-hybridized carbons (Fsp3) is 0.462. The molecule has 20 heavy (non-hydrogen) atoms. The Balaban J connectivity index is 2.29. The van der Waals surface area contributed by atoms with Gasteiger partial charge in [-0.2, -0.15) is 0 Å². The van der Waals surface area contributed by atoms with Crippen molar-refractivity contribution in [1.82, 2.24) is 9.55 Å². The van der Waals surface area contributed by atoms with Gasteiger partial charge in [0, 0.05) is 4.88 Å². The third kappa shape index (κ3) is 1.98. The van der Waals surface area contributed by atoms with Crippen molar-refractivity contribution in [2.45, 2.75) is 32.7 Å². The van der Waals surface area contributed by atoms with Crippen molar-refractivity contribution in [1.29, 1.82) is 0 Å². The molecule has 2 aromatic rings. The van der Waals surface area contributed by atoms with E-state index >= 15 is 0 Å². The van der Waals surface area contributed by atoms with Crippen LogP contribution in [0.2, 0.25) is 0 Å². The maximum atomic E-state index is 12.4. The molecule has 106 valence electrons. The van der Waals surface area contributed by atoms with Gasteiger partial charge >= 0.3 is 11.7 Å². The number of carboxylic acids is 1. The molecule has 2 heterocycles. The van der Waals surface area contributed by atoms with Crippen LogP contribution in [0.15, 0.2) is 9.59 Å². The molecule has 2 aromatic heterocycles. The van der Waals surface area contributed by atoms with E-state index in [9.17, 15) is 14.4 Å². The number of aromatic nitrogens is 2. The Bertz CT molecular complexity index is 814. The van der Waals surface area contributed by atoms with Gasteiger partial charge in [0.2, 0.25) is 0 Å². The fourth-order valence-corrected chi connectivity index (χ4v) is 4.13. The van der Waals surface area contributed by atoms with Gasteiger partial charge in [-0.3, -0.25) is 14.6 Å². The zero-order valence-corrected chi connectivity index (χ0v) is 11.7. The largest absolute Gasteiger partial charge is 0.480 e. The van der Waals surface area contributed by atoms with Crippen LogP contribution in [0.5, 0.6) is 0 Å². The van der Waals surface area contributed by atoms with Crippen LogP contribution in [0.1, 0.15) is 23.8 Å². The van der Waals surface area contributed by atoms with Gasteiger partial charge in [-0.15, -0.1) is 11.3 Å². The van der Waals surface area contributed by atoms with Crippen LogP contribution >= 0.6 is 11.3 Å². The number of rotatable bonds is 2. The van der Waals surface area contributed by atoms with Crippen molar-refractivity contribution in [3.05, 3.63) is 31.3 Å². The highest BCUT2D eigenvalue weighted by molar-refractivity contribution is 7.18. The van der Waals surface area contributed by atoms with Crippen molar-refractivity contribution in [3.63, 3.8) is 0 Å². The van der Waals surface area contributed by atoms with Gasteiger partial charge in [0.15, 0.2) is 0 Å². The van der Waals surface area contributed by atoms with Gasteiger partial charge in [0.05, 0.1) is 5.39 Å². The van der Waals surface area contributed by atoms with Gasteiger partial charge in [0.1, 0.15) is 11.4 Å². The first-order valence-electron chi connectivity index (χ1n) is 6.46. The predicted molar refractivity (Wildman–Crippen MR) is 75.5 cm³/mol. The van der Waals surface area contributed by atoms with Crippen LogP contribution in [0.3, 0.4) is 0 Å². The molecule has 0 aliphatic heterocycles. The Labute approximate surface area is 117 Å². The average molecular weight is 294 g/mol. The molecule has 0 spiro atoms. The Morgan fingerprint density at radius 2 is 2.25 bits per heavy atom. The lowest BCUT2D eigenvalue weighted by Crippen LogP contribution is -2.37. The first kappa shape index (κ1) is 13.1. The lowest BCUT2D eigenvalue weighted by atomic mass is 9.89. The maximum Gasteiger partial charge on any atom is 0.329 e. The van der Waals surface area contributed by atoms with E-state index in [0.29, 0.717) is 16.1 Å². The zero-order chi connectivity index (χ0) is 14.4. The second-order valence-electron chi connectivity index (χ2n) is 5.27. The Hall–Kier alpha value is -1.89. The van der Waals surface area contributed by atoms with Crippen molar-refractivity contribution in [3.8, 4) is 0 Å². The van der Waals surface area contributed by atoms with Crippen LogP contribution in [0, 0.1) is 5.92 Å². The molecular weight excluding hydrogens is 280 g/mol. The number of nitrogens with zero attached hydrogens (tertiary/aromatic N) is 1. The molecule has 0 aromatic carbocycles. The third-order valence-corrected chi connectivity index (χ3v) is 4.90. The number of hydrogen-bond acceptors (Lipinski definition) is 4. The lowest BCUT2D eigenvalue weighted by Gasteiger charge is -2.17. The number of aliphatic carboxylic acids is 1. The number of nitrogens with one attached hydrogen (secondary N) is 1. The molecule has 0 bridgehead atoms. The van der Waals surface area contributed by atoms with Crippen molar-refractivity contribution < 1.29 is 9.90 Å². The summed E-state index contributed by atoms with van der Waals surface area (Å²) in [6.07, 6.45) is 2.73.